The van der Waals surface area contributed by atoms with Crippen LogP contribution < -0.4 is 10.4 Å². The Bertz CT molecular complexity index is 1080. The number of para-hydroxylation sites is 2. The van der Waals surface area contributed by atoms with Crippen LogP contribution in [0.4, 0.5) is 5.69 Å². The third kappa shape index (κ3) is 3.43. The van der Waals surface area contributed by atoms with E-state index in [-0.39, 0.29) is 10.6 Å². The minimum Gasteiger partial charge on any atom is -0.312 e. The summed E-state index contributed by atoms with van der Waals surface area (Å²) in [6.07, 6.45) is 1.58. The Kier molecular flexibility index (Phi) is 4.73. The lowest BCUT2D eigenvalue weighted by molar-refractivity contribution is 0.601. The maximum Gasteiger partial charge on any atom is 0.330 e. The highest BCUT2D eigenvalue weighted by Gasteiger charge is 2.18. The Morgan fingerprint density at radius 2 is 1.69 bits per heavy atom. The SMILES string of the molecule is Cc1c[nH]c(=O)n1-c1ccccc1NS(=O)(=O)c1ccc(C(C)C)cc1. The number of sulfonamides is 1. The largest absolute Gasteiger partial charge is 0.330 e. The van der Waals surface area contributed by atoms with E-state index in [4.69, 9.17) is 0 Å². The van der Waals surface area contributed by atoms with E-state index in [2.05, 4.69) is 23.6 Å². The summed E-state index contributed by atoms with van der Waals surface area (Å²) in [6, 6.07) is 13.6. The Morgan fingerprint density at radius 3 is 2.27 bits per heavy atom. The number of hydrogen-bond donors (Lipinski definition) is 2. The smallest absolute Gasteiger partial charge is 0.312 e. The predicted octanol–water partition coefficient (Wildman–Crippen LogP) is 3.40. The van der Waals surface area contributed by atoms with Gasteiger partial charge >= 0.3 is 5.69 Å². The molecule has 6 nitrogen and oxygen atoms in total. The molecule has 26 heavy (non-hydrogen) atoms. The van der Waals surface area contributed by atoms with E-state index in [1.807, 2.05) is 12.1 Å². The highest BCUT2D eigenvalue weighted by atomic mass is 32.2. The molecule has 0 saturated carbocycles. The van der Waals surface area contributed by atoms with Crippen molar-refractivity contribution in [2.75, 3.05) is 4.72 Å². The van der Waals surface area contributed by atoms with Crippen LogP contribution in [0.3, 0.4) is 0 Å². The molecular weight excluding hydrogens is 350 g/mol. The first-order chi connectivity index (χ1) is 12.3. The van der Waals surface area contributed by atoms with Gasteiger partial charge in [-0.2, -0.15) is 0 Å². The van der Waals surface area contributed by atoms with Crippen molar-refractivity contribution in [2.45, 2.75) is 31.6 Å². The van der Waals surface area contributed by atoms with E-state index >= 15 is 0 Å². The average molecular weight is 371 g/mol. The fraction of sp³-hybridized carbons (Fsp3) is 0.211. The van der Waals surface area contributed by atoms with Gasteiger partial charge in [0.1, 0.15) is 0 Å². The van der Waals surface area contributed by atoms with Crippen LogP contribution in [0.1, 0.15) is 31.0 Å². The molecule has 1 heterocycles. The molecule has 0 atom stereocenters. The van der Waals surface area contributed by atoms with Crippen LogP contribution in [-0.4, -0.2) is 18.0 Å². The minimum atomic E-state index is -3.77. The second-order valence-corrected chi connectivity index (χ2v) is 8.10. The molecule has 7 heteroatoms. The van der Waals surface area contributed by atoms with Crippen molar-refractivity contribution < 1.29 is 8.42 Å². The maximum atomic E-state index is 12.8. The van der Waals surface area contributed by atoms with Gasteiger partial charge in [0.2, 0.25) is 0 Å². The van der Waals surface area contributed by atoms with E-state index in [1.165, 1.54) is 4.57 Å². The average Bonchev–Trinajstić information content (AvgIpc) is 2.94. The van der Waals surface area contributed by atoms with Gasteiger partial charge in [-0.1, -0.05) is 38.1 Å². The number of benzene rings is 2. The van der Waals surface area contributed by atoms with Gasteiger partial charge in [-0.15, -0.1) is 0 Å². The summed E-state index contributed by atoms with van der Waals surface area (Å²) in [4.78, 5) is 14.8. The zero-order valence-corrected chi connectivity index (χ0v) is 15.7. The topological polar surface area (TPSA) is 84.0 Å². The zero-order chi connectivity index (χ0) is 18.9. The molecule has 0 aliphatic rings. The van der Waals surface area contributed by atoms with Crippen LogP contribution in [0.15, 0.2) is 64.4 Å². The number of aryl methyl sites for hydroxylation is 1. The number of H-pyrrole nitrogens is 1. The highest BCUT2D eigenvalue weighted by Crippen LogP contribution is 2.24. The number of aromatic amines is 1. The van der Waals surface area contributed by atoms with Gasteiger partial charge in [0, 0.05) is 11.9 Å². The summed E-state index contributed by atoms with van der Waals surface area (Å²) in [6.45, 7) is 5.87. The van der Waals surface area contributed by atoms with Crippen LogP contribution in [0.5, 0.6) is 0 Å². The summed E-state index contributed by atoms with van der Waals surface area (Å²) >= 11 is 0. The van der Waals surface area contributed by atoms with Crippen molar-refractivity contribution in [3.05, 3.63) is 76.5 Å². The van der Waals surface area contributed by atoms with Crippen molar-refractivity contribution in [3.8, 4) is 5.69 Å². The lowest BCUT2D eigenvalue weighted by Crippen LogP contribution is -2.20. The predicted molar refractivity (Wildman–Crippen MR) is 102 cm³/mol. The van der Waals surface area contributed by atoms with E-state index < -0.39 is 10.0 Å². The van der Waals surface area contributed by atoms with Gasteiger partial charge in [-0.3, -0.25) is 9.29 Å². The monoisotopic (exact) mass is 371 g/mol. The molecule has 0 aliphatic heterocycles. The fourth-order valence-electron chi connectivity index (χ4n) is 2.75. The molecule has 0 radical (unpaired) electrons. The highest BCUT2D eigenvalue weighted by molar-refractivity contribution is 7.92. The Labute approximate surface area is 152 Å². The summed E-state index contributed by atoms with van der Waals surface area (Å²) < 4.78 is 29.6. The molecular formula is C19H21N3O3S. The third-order valence-corrected chi connectivity index (χ3v) is 5.59. The summed E-state index contributed by atoms with van der Waals surface area (Å²) in [5.74, 6) is 0.323. The van der Waals surface area contributed by atoms with Crippen molar-refractivity contribution in [3.63, 3.8) is 0 Å². The fourth-order valence-corrected chi connectivity index (χ4v) is 3.82. The summed E-state index contributed by atoms with van der Waals surface area (Å²) in [5.41, 5.74) is 2.24. The van der Waals surface area contributed by atoms with Gasteiger partial charge in [0.25, 0.3) is 10.0 Å². The number of aromatic nitrogens is 2. The normalized spacial score (nSPS) is 11.7. The van der Waals surface area contributed by atoms with E-state index in [1.54, 1.807) is 49.5 Å². The van der Waals surface area contributed by atoms with Crippen LogP contribution in [0.2, 0.25) is 0 Å². The molecule has 0 spiro atoms. The van der Waals surface area contributed by atoms with Gasteiger partial charge in [0.05, 0.1) is 16.3 Å². The van der Waals surface area contributed by atoms with Crippen molar-refractivity contribution >= 4 is 15.7 Å². The first-order valence-corrected chi connectivity index (χ1v) is 9.77. The third-order valence-electron chi connectivity index (χ3n) is 4.21. The molecule has 0 amide bonds. The molecule has 0 bridgehead atoms. The van der Waals surface area contributed by atoms with E-state index in [0.29, 0.717) is 23.0 Å². The quantitative estimate of drug-likeness (QED) is 0.721. The lowest BCUT2D eigenvalue weighted by atomic mass is 10.0. The molecule has 1 aromatic heterocycles. The molecule has 3 aromatic rings. The number of imidazole rings is 1. The second-order valence-electron chi connectivity index (χ2n) is 6.42. The van der Waals surface area contributed by atoms with Crippen LogP contribution in [0.25, 0.3) is 5.69 Å². The molecule has 136 valence electrons. The van der Waals surface area contributed by atoms with Crippen molar-refractivity contribution in [1.82, 2.24) is 9.55 Å². The molecule has 0 fully saturated rings. The first-order valence-electron chi connectivity index (χ1n) is 8.29. The second kappa shape index (κ2) is 6.84. The molecule has 3 rings (SSSR count). The summed E-state index contributed by atoms with van der Waals surface area (Å²) in [7, 11) is -3.77. The molecule has 0 aliphatic carbocycles. The number of hydrogen-bond acceptors (Lipinski definition) is 3. The Balaban J connectivity index is 2.00. The van der Waals surface area contributed by atoms with Crippen molar-refractivity contribution in [2.24, 2.45) is 0 Å². The number of anilines is 1. The lowest BCUT2D eigenvalue weighted by Gasteiger charge is -2.14. The standard InChI is InChI=1S/C19H21N3O3S/c1-13(2)15-8-10-16(11-9-15)26(24,25)21-17-6-4-5-7-18(17)22-14(3)12-20-19(22)23/h4-13,21H,1-3H3,(H,20,23). The molecule has 0 unspecified atom stereocenters. The Morgan fingerprint density at radius 1 is 1.04 bits per heavy atom. The van der Waals surface area contributed by atoms with E-state index in [0.717, 1.165) is 5.56 Å². The maximum absolute atomic E-state index is 12.8. The van der Waals surface area contributed by atoms with Crippen LogP contribution in [-0.2, 0) is 10.0 Å². The van der Waals surface area contributed by atoms with Crippen LogP contribution in [0, 0.1) is 6.92 Å². The number of nitrogens with zero attached hydrogens (tertiary/aromatic N) is 1. The molecule has 2 aromatic carbocycles. The van der Waals surface area contributed by atoms with Crippen LogP contribution >= 0.6 is 0 Å². The summed E-state index contributed by atoms with van der Waals surface area (Å²) in [5, 5.41) is 0. The van der Waals surface area contributed by atoms with Gasteiger partial charge in [0.15, 0.2) is 0 Å². The van der Waals surface area contributed by atoms with Crippen molar-refractivity contribution in [1.29, 1.82) is 0 Å². The van der Waals surface area contributed by atoms with Gasteiger partial charge < -0.3 is 4.98 Å². The van der Waals surface area contributed by atoms with Gasteiger partial charge in [-0.25, -0.2) is 13.2 Å². The Hall–Kier alpha value is -2.80. The van der Waals surface area contributed by atoms with Gasteiger partial charge in [-0.05, 0) is 42.7 Å². The van der Waals surface area contributed by atoms with E-state index in [9.17, 15) is 13.2 Å². The number of rotatable bonds is 5. The molecule has 0 saturated heterocycles. The minimum absolute atomic E-state index is 0.176. The zero-order valence-electron chi connectivity index (χ0n) is 14.9. The molecule has 2 N–H and O–H groups in total. The first kappa shape index (κ1) is 18.0. The number of nitrogens with one attached hydrogen (secondary N) is 2.